The summed E-state index contributed by atoms with van der Waals surface area (Å²) in [5.74, 6) is 0.938. The Labute approximate surface area is 170 Å². The van der Waals surface area contributed by atoms with Gasteiger partial charge in [0.15, 0.2) is 11.5 Å². The third-order valence-electron chi connectivity index (χ3n) is 3.50. The smallest absolute Gasteiger partial charge is 0.244 e. The highest BCUT2D eigenvalue weighted by molar-refractivity contribution is 9.10. The molecule has 0 heterocycles. The molecular formula is C18H18BrClN2O3S. The lowest BCUT2D eigenvalue weighted by Gasteiger charge is -2.11. The third-order valence-corrected chi connectivity index (χ3v) is 5.39. The molecule has 0 aliphatic heterocycles. The van der Waals surface area contributed by atoms with E-state index in [0.717, 1.165) is 16.0 Å². The molecule has 2 rings (SSSR count). The quantitative estimate of drug-likeness (QED) is 0.377. The number of hydrogen-bond donors (Lipinski definition) is 1. The first-order valence-electron chi connectivity index (χ1n) is 7.55. The number of halogens is 2. The Morgan fingerprint density at radius 2 is 2.08 bits per heavy atom. The van der Waals surface area contributed by atoms with Crippen LogP contribution in [-0.2, 0) is 11.2 Å². The minimum atomic E-state index is -0.226. The Kier molecular flexibility index (Phi) is 7.81. The lowest BCUT2D eigenvalue weighted by Crippen LogP contribution is -2.20. The Hall–Kier alpha value is -1.70. The molecule has 0 fully saturated rings. The van der Waals surface area contributed by atoms with Crippen LogP contribution in [0.2, 0.25) is 5.02 Å². The summed E-state index contributed by atoms with van der Waals surface area (Å²) in [6.07, 6.45) is 3.69. The van der Waals surface area contributed by atoms with Crippen molar-refractivity contribution < 1.29 is 14.3 Å². The maximum Gasteiger partial charge on any atom is 0.244 e. The van der Waals surface area contributed by atoms with Crippen molar-refractivity contribution in [3.8, 4) is 11.5 Å². The van der Waals surface area contributed by atoms with Crippen LogP contribution >= 0.6 is 39.3 Å². The number of rotatable bonds is 7. The number of methoxy groups -OCH3 is 2. The molecule has 0 saturated heterocycles. The minimum absolute atomic E-state index is 0.196. The predicted molar refractivity (Wildman–Crippen MR) is 110 cm³/mol. The fourth-order valence-electron chi connectivity index (χ4n) is 2.28. The second kappa shape index (κ2) is 9.85. The zero-order chi connectivity index (χ0) is 19.1. The van der Waals surface area contributed by atoms with Crippen LogP contribution in [0.15, 0.2) is 44.8 Å². The zero-order valence-electron chi connectivity index (χ0n) is 14.5. The first kappa shape index (κ1) is 20.6. The Balaban J connectivity index is 2.07. The van der Waals surface area contributed by atoms with Gasteiger partial charge in [-0.25, -0.2) is 5.43 Å². The number of benzene rings is 2. The molecule has 26 heavy (non-hydrogen) atoms. The lowest BCUT2D eigenvalue weighted by molar-refractivity contribution is -0.120. The van der Waals surface area contributed by atoms with Gasteiger partial charge in [0.2, 0.25) is 5.91 Å². The average Bonchev–Trinajstić information content (AvgIpc) is 2.63. The van der Waals surface area contributed by atoms with Gasteiger partial charge in [-0.3, -0.25) is 4.79 Å². The molecule has 138 valence electrons. The van der Waals surface area contributed by atoms with Crippen LogP contribution in [0, 0.1) is 0 Å². The highest BCUT2D eigenvalue weighted by Gasteiger charge is 2.12. The van der Waals surface area contributed by atoms with Crippen LogP contribution in [0.3, 0.4) is 0 Å². The van der Waals surface area contributed by atoms with E-state index in [2.05, 4.69) is 26.5 Å². The van der Waals surface area contributed by atoms with Crippen molar-refractivity contribution >= 4 is 51.4 Å². The van der Waals surface area contributed by atoms with E-state index in [9.17, 15) is 4.79 Å². The Bertz CT molecular complexity index is 830. The van der Waals surface area contributed by atoms with E-state index in [1.807, 2.05) is 24.5 Å². The van der Waals surface area contributed by atoms with Crippen LogP contribution in [0.4, 0.5) is 0 Å². The van der Waals surface area contributed by atoms with E-state index >= 15 is 0 Å². The normalized spacial score (nSPS) is 10.8. The summed E-state index contributed by atoms with van der Waals surface area (Å²) in [6, 6.07) is 9.08. The molecule has 1 N–H and O–H groups in total. The van der Waals surface area contributed by atoms with E-state index in [-0.39, 0.29) is 12.3 Å². The highest BCUT2D eigenvalue weighted by atomic mass is 79.9. The van der Waals surface area contributed by atoms with Crippen LogP contribution in [0.5, 0.6) is 11.5 Å². The molecule has 0 radical (unpaired) electrons. The van der Waals surface area contributed by atoms with Gasteiger partial charge < -0.3 is 9.47 Å². The van der Waals surface area contributed by atoms with Crippen LogP contribution < -0.4 is 14.9 Å². The van der Waals surface area contributed by atoms with Crippen molar-refractivity contribution in [2.75, 3.05) is 20.5 Å². The van der Waals surface area contributed by atoms with Gasteiger partial charge in [0, 0.05) is 15.5 Å². The fraction of sp³-hybridized carbons (Fsp3) is 0.222. The van der Waals surface area contributed by atoms with E-state index in [0.29, 0.717) is 21.0 Å². The summed E-state index contributed by atoms with van der Waals surface area (Å²) < 4.78 is 11.2. The molecule has 0 atom stereocenters. The van der Waals surface area contributed by atoms with Gasteiger partial charge in [-0.1, -0.05) is 11.6 Å². The summed E-state index contributed by atoms with van der Waals surface area (Å²) in [6.45, 7) is 0. The van der Waals surface area contributed by atoms with E-state index in [1.54, 1.807) is 38.1 Å². The van der Waals surface area contributed by atoms with Gasteiger partial charge in [-0.15, -0.1) is 11.8 Å². The largest absolute Gasteiger partial charge is 0.493 e. The zero-order valence-corrected chi connectivity index (χ0v) is 17.7. The van der Waals surface area contributed by atoms with E-state index in [4.69, 9.17) is 21.1 Å². The molecule has 0 bridgehead atoms. The van der Waals surface area contributed by atoms with E-state index < -0.39 is 0 Å². The predicted octanol–water partition coefficient (Wildman–Crippen LogP) is 4.53. The number of hydrazone groups is 1. The number of ether oxygens (including phenoxy) is 2. The van der Waals surface area contributed by atoms with Gasteiger partial charge in [-0.05, 0) is 58.1 Å². The van der Waals surface area contributed by atoms with Crippen molar-refractivity contribution in [1.82, 2.24) is 5.43 Å². The topological polar surface area (TPSA) is 59.9 Å². The molecule has 0 aromatic heterocycles. The monoisotopic (exact) mass is 456 g/mol. The van der Waals surface area contributed by atoms with Crippen LogP contribution in [-0.4, -0.2) is 32.6 Å². The highest BCUT2D eigenvalue weighted by Crippen LogP contribution is 2.36. The first-order valence-corrected chi connectivity index (χ1v) is 9.94. The Morgan fingerprint density at radius 1 is 1.31 bits per heavy atom. The van der Waals surface area contributed by atoms with Crippen LogP contribution in [0.25, 0.3) is 0 Å². The molecule has 0 aliphatic carbocycles. The van der Waals surface area contributed by atoms with Gasteiger partial charge in [0.1, 0.15) is 0 Å². The van der Waals surface area contributed by atoms with Crippen LogP contribution in [0.1, 0.15) is 11.1 Å². The summed E-state index contributed by atoms with van der Waals surface area (Å²) in [7, 11) is 3.12. The van der Waals surface area contributed by atoms with Gasteiger partial charge in [-0.2, -0.15) is 5.10 Å². The maximum atomic E-state index is 12.2. The molecule has 1 amide bonds. The maximum absolute atomic E-state index is 12.2. The second-order valence-corrected chi connectivity index (χ2v) is 7.21. The van der Waals surface area contributed by atoms with Gasteiger partial charge >= 0.3 is 0 Å². The van der Waals surface area contributed by atoms with Crippen molar-refractivity contribution in [3.63, 3.8) is 0 Å². The SMILES string of the molecule is COc1ccc(/C=N\NC(=O)Cc2cc(Cl)ccc2SC)c(Br)c1OC. The molecule has 5 nitrogen and oxygen atoms in total. The molecule has 0 saturated carbocycles. The third kappa shape index (κ3) is 5.16. The number of nitrogens with one attached hydrogen (secondary N) is 1. The Morgan fingerprint density at radius 3 is 2.73 bits per heavy atom. The van der Waals surface area contributed by atoms with Gasteiger partial charge in [0.05, 0.1) is 31.3 Å². The summed E-state index contributed by atoms with van der Waals surface area (Å²) in [5.41, 5.74) is 4.14. The summed E-state index contributed by atoms with van der Waals surface area (Å²) in [5, 5.41) is 4.62. The number of carbonyl (C=O) groups excluding carboxylic acids is 1. The van der Waals surface area contributed by atoms with Crippen molar-refractivity contribution in [1.29, 1.82) is 0 Å². The van der Waals surface area contributed by atoms with Crippen molar-refractivity contribution in [3.05, 3.63) is 51.0 Å². The molecular weight excluding hydrogens is 440 g/mol. The fourth-order valence-corrected chi connectivity index (χ4v) is 3.66. The molecule has 0 unspecified atom stereocenters. The van der Waals surface area contributed by atoms with E-state index in [1.165, 1.54) is 6.21 Å². The first-order chi connectivity index (χ1) is 12.5. The minimum Gasteiger partial charge on any atom is -0.493 e. The second-order valence-electron chi connectivity index (χ2n) is 5.13. The lowest BCUT2D eigenvalue weighted by atomic mass is 10.1. The number of nitrogens with zero attached hydrogens (tertiary/aromatic N) is 1. The summed E-state index contributed by atoms with van der Waals surface area (Å²) >= 11 is 11.0. The average molecular weight is 458 g/mol. The number of carbonyl (C=O) groups is 1. The molecule has 0 aliphatic rings. The molecule has 2 aromatic rings. The standard InChI is InChI=1S/C18H18BrClN2O3S/c1-24-14-6-4-11(17(19)18(14)25-2)10-21-22-16(23)9-12-8-13(20)5-7-15(12)26-3/h4-8,10H,9H2,1-3H3,(H,22,23)/b21-10-. The van der Waals surface area contributed by atoms with Gasteiger partial charge in [0.25, 0.3) is 0 Å². The van der Waals surface area contributed by atoms with Crippen molar-refractivity contribution in [2.45, 2.75) is 11.3 Å². The van der Waals surface area contributed by atoms with Crippen molar-refractivity contribution in [2.24, 2.45) is 5.10 Å². The molecule has 0 spiro atoms. The number of amides is 1. The summed E-state index contributed by atoms with van der Waals surface area (Å²) in [4.78, 5) is 13.2. The number of thioether (sulfide) groups is 1. The molecule has 2 aromatic carbocycles. The number of hydrogen-bond acceptors (Lipinski definition) is 5. The molecule has 8 heteroatoms.